The van der Waals surface area contributed by atoms with E-state index in [1.807, 2.05) is 0 Å². The summed E-state index contributed by atoms with van der Waals surface area (Å²) < 4.78 is 35.1. The first-order valence-electron chi connectivity index (χ1n) is 8.17. The Bertz CT molecular complexity index is 884. The number of nitrogens with zero attached hydrogens (tertiary/aromatic N) is 1. The molecule has 0 aliphatic carbocycles. The lowest BCUT2D eigenvalue weighted by Crippen LogP contribution is -2.36. The number of carboxylic acid groups (broad SMARTS) is 1. The van der Waals surface area contributed by atoms with Crippen LogP contribution in [0.1, 0.15) is 31.8 Å². The highest BCUT2D eigenvalue weighted by atomic mass is 19.3. The number of hydrogen-bond acceptors (Lipinski definition) is 4. The standard InChI is InChI=1S/C19H17F2NO5/c1-26-15-4-2-3-14(16(15)27-19(20)21)17(23)22-8-7-11-5-6-12(18(24)25)9-13(11)10-22/h2-6,9,19H,7-8,10H2,1H3,(H,24,25). The van der Waals surface area contributed by atoms with Crippen molar-refractivity contribution < 1.29 is 33.0 Å². The second kappa shape index (κ2) is 7.61. The summed E-state index contributed by atoms with van der Waals surface area (Å²) in [4.78, 5) is 25.6. The lowest BCUT2D eigenvalue weighted by molar-refractivity contribution is -0.0516. The van der Waals surface area contributed by atoms with Crippen LogP contribution in [0.25, 0.3) is 0 Å². The molecule has 3 rings (SSSR count). The maximum atomic E-state index is 12.9. The summed E-state index contributed by atoms with van der Waals surface area (Å²) in [5.41, 5.74) is 1.77. The molecular formula is C19H17F2NO5. The highest BCUT2D eigenvalue weighted by Gasteiger charge is 2.27. The number of carboxylic acids is 1. The van der Waals surface area contributed by atoms with Crippen LogP contribution in [-0.4, -0.2) is 42.1 Å². The molecular weight excluding hydrogens is 360 g/mol. The zero-order valence-corrected chi connectivity index (χ0v) is 14.4. The molecule has 0 spiro atoms. The first kappa shape index (κ1) is 18.6. The molecule has 6 nitrogen and oxygen atoms in total. The molecule has 0 aromatic heterocycles. The lowest BCUT2D eigenvalue weighted by Gasteiger charge is -2.29. The Labute approximate surface area is 153 Å². The van der Waals surface area contributed by atoms with Gasteiger partial charge in [0, 0.05) is 13.1 Å². The summed E-state index contributed by atoms with van der Waals surface area (Å²) >= 11 is 0. The number of ether oxygens (including phenoxy) is 2. The third-order valence-corrected chi connectivity index (χ3v) is 4.39. The fraction of sp³-hybridized carbons (Fsp3) is 0.263. The number of carbonyl (C=O) groups excluding carboxylic acids is 1. The highest BCUT2D eigenvalue weighted by molar-refractivity contribution is 5.98. The SMILES string of the molecule is COc1cccc(C(=O)N2CCc3ccc(C(=O)O)cc3C2)c1OC(F)F. The van der Waals surface area contributed by atoms with Gasteiger partial charge in [0.05, 0.1) is 18.2 Å². The van der Waals surface area contributed by atoms with E-state index in [0.29, 0.717) is 18.5 Å². The second-order valence-electron chi connectivity index (χ2n) is 5.98. The van der Waals surface area contributed by atoms with E-state index in [1.165, 1.54) is 42.3 Å². The highest BCUT2D eigenvalue weighted by Crippen LogP contribution is 2.34. The largest absolute Gasteiger partial charge is 0.493 e. The van der Waals surface area contributed by atoms with Gasteiger partial charge in [0.15, 0.2) is 11.5 Å². The van der Waals surface area contributed by atoms with Crippen molar-refractivity contribution in [2.75, 3.05) is 13.7 Å². The number of hydrogen-bond donors (Lipinski definition) is 1. The monoisotopic (exact) mass is 377 g/mol. The van der Waals surface area contributed by atoms with Crippen molar-refractivity contribution in [3.63, 3.8) is 0 Å². The van der Waals surface area contributed by atoms with Crippen molar-refractivity contribution in [2.24, 2.45) is 0 Å². The third-order valence-electron chi connectivity index (χ3n) is 4.39. The maximum absolute atomic E-state index is 12.9. The second-order valence-corrected chi connectivity index (χ2v) is 5.98. The molecule has 1 amide bonds. The van der Waals surface area contributed by atoms with Crippen molar-refractivity contribution in [1.82, 2.24) is 4.90 Å². The van der Waals surface area contributed by atoms with E-state index < -0.39 is 18.5 Å². The molecule has 142 valence electrons. The first-order chi connectivity index (χ1) is 12.9. The number of aromatic carboxylic acids is 1. The normalized spacial score (nSPS) is 13.3. The fourth-order valence-electron chi connectivity index (χ4n) is 3.09. The van der Waals surface area contributed by atoms with E-state index in [9.17, 15) is 18.4 Å². The van der Waals surface area contributed by atoms with Crippen LogP contribution in [0, 0.1) is 0 Å². The van der Waals surface area contributed by atoms with Crippen molar-refractivity contribution in [3.05, 3.63) is 58.7 Å². The Hall–Kier alpha value is -3.16. The third kappa shape index (κ3) is 3.84. The number of methoxy groups -OCH3 is 1. The molecule has 1 heterocycles. The number of para-hydroxylation sites is 1. The summed E-state index contributed by atoms with van der Waals surface area (Å²) in [7, 11) is 1.30. The number of amides is 1. The zero-order chi connectivity index (χ0) is 19.6. The van der Waals surface area contributed by atoms with Gasteiger partial charge in [-0.15, -0.1) is 0 Å². The van der Waals surface area contributed by atoms with Crippen LogP contribution >= 0.6 is 0 Å². The van der Waals surface area contributed by atoms with E-state index in [0.717, 1.165) is 5.56 Å². The van der Waals surface area contributed by atoms with E-state index >= 15 is 0 Å². The first-order valence-corrected chi connectivity index (χ1v) is 8.17. The van der Waals surface area contributed by atoms with Crippen molar-refractivity contribution in [1.29, 1.82) is 0 Å². The number of carbonyl (C=O) groups is 2. The summed E-state index contributed by atoms with van der Waals surface area (Å²) in [6.07, 6.45) is 0.538. The number of fused-ring (bicyclic) bond motifs is 1. The van der Waals surface area contributed by atoms with Crippen LogP contribution in [0.5, 0.6) is 11.5 Å². The molecule has 2 aromatic rings. The van der Waals surface area contributed by atoms with Gasteiger partial charge >= 0.3 is 12.6 Å². The van der Waals surface area contributed by atoms with Crippen LogP contribution in [0.3, 0.4) is 0 Å². The van der Waals surface area contributed by atoms with Gasteiger partial charge in [-0.3, -0.25) is 4.79 Å². The lowest BCUT2D eigenvalue weighted by atomic mass is 9.96. The van der Waals surface area contributed by atoms with Gasteiger partial charge in [-0.05, 0) is 41.8 Å². The summed E-state index contributed by atoms with van der Waals surface area (Å²) in [5.74, 6) is -1.82. The minimum Gasteiger partial charge on any atom is -0.493 e. The Morgan fingerprint density at radius 1 is 1.19 bits per heavy atom. The molecule has 1 N–H and O–H groups in total. The average Bonchev–Trinajstić information content (AvgIpc) is 2.66. The summed E-state index contributed by atoms with van der Waals surface area (Å²) in [6, 6.07) is 9.13. The molecule has 0 saturated carbocycles. The number of alkyl halides is 2. The molecule has 0 bridgehead atoms. The van der Waals surface area contributed by atoms with Gasteiger partial charge in [0.1, 0.15) is 0 Å². The molecule has 0 radical (unpaired) electrons. The molecule has 0 unspecified atom stereocenters. The Balaban J connectivity index is 1.91. The van der Waals surface area contributed by atoms with Gasteiger partial charge in [-0.25, -0.2) is 4.79 Å². The minimum absolute atomic E-state index is 0.0340. The van der Waals surface area contributed by atoms with Gasteiger partial charge in [-0.1, -0.05) is 12.1 Å². The Kier molecular flexibility index (Phi) is 5.25. The van der Waals surface area contributed by atoms with Gasteiger partial charge < -0.3 is 19.5 Å². The van der Waals surface area contributed by atoms with Crippen LogP contribution in [-0.2, 0) is 13.0 Å². The summed E-state index contributed by atoms with van der Waals surface area (Å²) in [5, 5.41) is 9.14. The summed E-state index contributed by atoms with van der Waals surface area (Å²) in [6.45, 7) is -2.54. The van der Waals surface area contributed by atoms with E-state index in [2.05, 4.69) is 4.74 Å². The topological polar surface area (TPSA) is 76.1 Å². The number of benzene rings is 2. The predicted octanol–water partition coefficient (Wildman–Crippen LogP) is 3.19. The average molecular weight is 377 g/mol. The van der Waals surface area contributed by atoms with Crippen LogP contribution in [0.15, 0.2) is 36.4 Å². The zero-order valence-electron chi connectivity index (χ0n) is 14.4. The smallest absolute Gasteiger partial charge is 0.387 e. The fourth-order valence-corrected chi connectivity index (χ4v) is 3.09. The molecule has 0 atom stereocenters. The maximum Gasteiger partial charge on any atom is 0.387 e. The van der Waals surface area contributed by atoms with Crippen molar-refractivity contribution >= 4 is 11.9 Å². The van der Waals surface area contributed by atoms with E-state index in [4.69, 9.17) is 9.84 Å². The molecule has 0 fully saturated rings. The quantitative estimate of drug-likeness (QED) is 0.866. The van der Waals surface area contributed by atoms with Crippen molar-refractivity contribution in [3.8, 4) is 11.5 Å². The molecule has 1 aliphatic heterocycles. The van der Waals surface area contributed by atoms with Crippen molar-refractivity contribution in [2.45, 2.75) is 19.6 Å². The van der Waals surface area contributed by atoms with Gasteiger partial charge in [-0.2, -0.15) is 8.78 Å². The molecule has 2 aromatic carbocycles. The van der Waals surface area contributed by atoms with Crippen LogP contribution in [0.2, 0.25) is 0 Å². The Morgan fingerprint density at radius 2 is 1.96 bits per heavy atom. The Morgan fingerprint density at radius 3 is 2.63 bits per heavy atom. The van der Waals surface area contributed by atoms with Gasteiger partial charge in [0.25, 0.3) is 5.91 Å². The minimum atomic E-state index is -3.10. The molecule has 8 heteroatoms. The van der Waals surface area contributed by atoms with Crippen LogP contribution < -0.4 is 9.47 Å². The molecule has 1 aliphatic rings. The van der Waals surface area contributed by atoms with E-state index in [-0.39, 0.29) is 29.2 Å². The van der Waals surface area contributed by atoms with Crippen LogP contribution in [0.4, 0.5) is 8.78 Å². The molecule has 27 heavy (non-hydrogen) atoms. The molecule has 0 saturated heterocycles. The van der Waals surface area contributed by atoms with E-state index in [1.54, 1.807) is 6.07 Å². The number of rotatable bonds is 5. The van der Waals surface area contributed by atoms with Gasteiger partial charge in [0.2, 0.25) is 0 Å². The predicted molar refractivity (Wildman–Crippen MR) is 91.5 cm³/mol. The number of halogens is 2.